The van der Waals surface area contributed by atoms with Gasteiger partial charge in [0.05, 0.1) is 0 Å². The smallest absolute Gasteiger partial charge is 0.222 e. The summed E-state index contributed by atoms with van der Waals surface area (Å²) >= 11 is 0. The van der Waals surface area contributed by atoms with E-state index in [9.17, 15) is 4.79 Å². The standard InChI is InChI=1S/C21H22N4O/c1-2-20(26)25-11-7-16(8-12-25)19-4-3-17-13-18(14-23-21(17)24-19)15-5-9-22-10-6-15/h3-6,9-10,13-14,16H,2,7-8,11-12H2,1H3. The lowest BCUT2D eigenvalue weighted by Crippen LogP contribution is -2.37. The highest BCUT2D eigenvalue weighted by Crippen LogP contribution is 2.29. The zero-order valence-electron chi connectivity index (χ0n) is 14.9. The third-order valence-corrected chi connectivity index (χ3v) is 5.15. The average molecular weight is 346 g/mol. The Balaban J connectivity index is 1.54. The molecule has 0 aliphatic carbocycles. The Morgan fingerprint density at radius 3 is 2.62 bits per heavy atom. The van der Waals surface area contributed by atoms with Gasteiger partial charge in [0, 0.05) is 60.7 Å². The molecule has 0 spiro atoms. The van der Waals surface area contributed by atoms with E-state index in [0.29, 0.717) is 12.3 Å². The van der Waals surface area contributed by atoms with Gasteiger partial charge in [0.2, 0.25) is 5.91 Å². The van der Waals surface area contributed by atoms with Crippen molar-refractivity contribution in [3.63, 3.8) is 0 Å². The van der Waals surface area contributed by atoms with Gasteiger partial charge in [-0.1, -0.05) is 6.92 Å². The van der Waals surface area contributed by atoms with Crippen LogP contribution in [-0.4, -0.2) is 38.8 Å². The van der Waals surface area contributed by atoms with Crippen LogP contribution in [0.2, 0.25) is 0 Å². The number of carbonyl (C=O) groups excluding carboxylic acids is 1. The van der Waals surface area contributed by atoms with Gasteiger partial charge in [-0.05, 0) is 48.7 Å². The van der Waals surface area contributed by atoms with E-state index in [1.54, 1.807) is 12.4 Å². The molecule has 3 aromatic rings. The molecule has 3 aromatic heterocycles. The molecule has 1 saturated heterocycles. The highest BCUT2D eigenvalue weighted by Gasteiger charge is 2.24. The number of likely N-dealkylation sites (tertiary alicyclic amines) is 1. The molecule has 5 nitrogen and oxygen atoms in total. The van der Waals surface area contributed by atoms with Crippen molar-refractivity contribution in [2.24, 2.45) is 0 Å². The molecular weight excluding hydrogens is 324 g/mol. The first-order valence-electron chi connectivity index (χ1n) is 9.19. The van der Waals surface area contributed by atoms with E-state index in [4.69, 9.17) is 4.98 Å². The van der Waals surface area contributed by atoms with E-state index in [0.717, 1.165) is 53.8 Å². The van der Waals surface area contributed by atoms with E-state index < -0.39 is 0 Å². The summed E-state index contributed by atoms with van der Waals surface area (Å²) in [4.78, 5) is 27.2. The number of nitrogens with zero attached hydrogens (tertiary/aromatic N) is 4. The first-order chi connectivity index (χ1) is 12.7. The Morgan fingerprint density at radius 2 is 1.88 bits per heavy atom. The molecule has 26 heavy (non-hydrogen) atoms. The fraction of sp³-hybridized carbons (Fsp3) is 0.333. The molecule has 0 saturated carbocycles. The van der Waals surface area contributed by atoms with Crippen molar-refractivity contribution in [2.75, 3.05) is 13.1 Å². The van der Waals surface area contributed by atoms with Gasteiger partial charge in [0.1, 0.15) is 0 Å². The molecule has 0 radical (unpaired) electrons. The summed E-state index contributed by atoms with van der Waals surface area (Å²) in [6, 6.07) is 10.3. The van der Waals surface area contributed by atoms with Crippen LogP contribution < -0.4 is 0 Å². The summed E-state index contributed by atoms with van der Waals surface area (Å²) in [5.41, 5.74) is 4.05. The van der Waals surface area contributed by atoms with Crippen LogP contribution in [0.4, 0.5) is 0 Å². The lowest BCUT2D eigenvalue weighted by atomic mass is 9.92. The van der Waals surface area contributed by atoms with E-state index in [1.165, 1.54) is 0 Å². The van der Waals surface area contributed by atoms with Crippen LogP contribution in [0.3, 0.4) is 0 Å². The van der Waals surface area contributed by atoms with Gasteiger partial charge in [-0.3, -0.25) is 9.78 Å². The molecule has 4 heterocycles. The van der Waals surface area contributed by atoms with Crippen molar-refractivity contribution >= 4 is 16.9 Å². The van der Waals surface area contributed by atoms with Crippen LogP contribution in [0.1, 0.15) is 37.8 Å². The van der Waals surface area contributed by atoms with Gasteiger partial charge in [-0.25, -0.2) is 9.97 Å². The van der Waals surface area contributed by atoms with Gasteiger partial charge in [-0.15, -0.1) is 0 Å². The van der Waals surface area contributed by atoms with Gasteiger partial charge in [-0.2, -0.15) is 0 Å². The monoisotopic (exact) mass is 346 g/mol. The number of rotatable bonds is 3. The summed E-state index contributed by atoms with van der Waals surface area (Å²) in [7, 11) is 0. The Kier molecular flexibility index (Phi) is 4.61. The number of amides is 1. The average Bonchev–Trinajstić information content (AvgIpc) is 2.73. The number of hydrogen-bond donors (Lipinski definition) is 0. The van der Waals surface area contributed by atoms with E-state index in [2.05, 4.69) is 28.2 Å². The first kappa shape index (κ1) is 16.6. The third-order valence-electron chi connectivity index (χ3n) is 5.15. The summed E-state index contributed by atoms with van der Waals surface area (Å²) in [5, 5.41) is 1.04. The maximum absolute atomic E-state index is 11.8. The normalized spacial score (nSPS) is 15.3. The molecule has 0 aromatic carbocycles. The maximum Gasteiger partial charge on any atom is 0.222 e. The summed E-state index contributed by atoms with van der Waals surface area (Å²) in [5.74, 6) is 0.655. The second kappa shape index (κ2) is 7.20. The Morgan fingerprint density at radius 1 is 1.12 bits per heavy atom. The molecule has 132 valence electrons. The Hall–Kier alpha value is -2.82. The molecule has 0 unspecified atom stereocenters. The fourth-order valence-corrected chi connectivity index (χ4v) is 3.60. The first-order valence-corrected chi connectivity index (χ1v) is 9.19. The SMILES string of the molecule is CCC(=O)N1CCC(c2ccc3cc(-c4ccncc4)cnc3n2)CC1. The van der Waals surface area contributed by atoms with Crippen LogP contribution in [-0.2, 0) is 4.79 Å². The minimum Gasteiger partial charge on any atom is -0.343 e. The zero-order valence-corrected chi connectivity index (χ0v) is 14.9. The third kappa shape index (κ3) is 3.29. The number of piperidine rings is 1. The molecule has 1 fully saturated rings. The van der Waals surface area contributed by atoms with Crippen LogP contribution in [0.25, 0.3) is 22.2 Å². The largest absolute Gasteiger partial charge is 0.343 e. The fourth-order valence-electron chi connectivity index (χ4n) is 3.60. The quantitative estimate of drug-likeness (QED) is 0.724. The highest BCUT2D eigenvalue weighted by molar-refractivity contribution is 5.81. The highest BCUT2D eigenvalue weighted by atomic mass is 16.2. The summed E-state index contributed by atoms with van der Waals surface area (Å²) in [6.45, 7) is 3.57. The maximum atomic E-state index is 11.8. The minimum atomic E-state index is 0.250. The van der Waals surface area contributed by atoms with E-state index in [-0.39, 0.29) is 5.91 Å². The van der Waals surface area contributed by atoms with Crippen molar-refractivity contribution in [2.45, 2.75) is 32.1 Å². The van der Waals surface area contributed by atoms with E-state index >= 15 is 0 Å². The number of carbonyl (C=O) groups is 1. The Bertz CT molecular complexity index is 918. The predicted molar refractivity (Wildman–Crippen MR) is 102 cm³/mol. The van der Waals surface area contributed by atoms with Crippen molar-refractivity contribution in [3.05, 3.63) is 54.6 Å². The minimum absolute atomic E-state index is 0.250. The van der Waals surface area contributed by atoms with Crippen LogP contribution in [0.15, 0.2) is 48.9 Å². The molecule has 0 atom stereocenters. The lowest BCUT2D eigenvalue weighted by Gasteiger charge is -2.31. The van der Waals surface area contributed by atoms with Gasteiger partial charge in [0.15, 0.2) is 5.65 Å². The molecular formula is C21H22N4O. The summed E-state index contributed by atoms with van der Waals surface area (Å²) in [6.07, 6.45) is 7.98. The van der Waals surface area contributed by atoms with E-state index in [1.807, 2.05) is 30.2 Å². The molecule has 1 amide bonds. The predicted octanol–water partition coefficient (Wildman–Crippen LogP) is 3.81. The van der Waals surface area contributed by atoms with Crippen molar-refractivity contribution in [1.82, 2.24) is 19.9 Å². The van der Waals surface area contributed by atoms with Crippen molar-refractivity contribution in [3.8, 4) is 11.1 Å². The van der Waals surface area contributed by atoms with Gasteiger partial charge < -0.3 is 4.90 Å². The summed E-state index contributed by atoms with van der Waals surface area (Å²) < 4.78 is 0. The van der Waals surface area contributed by atoms with Crippen molar-refractivity contribution < 1.29 is 4.79 Å². The molecule has 0 bridgehead atoms. The van der Waals surface area contributed by atoms with Gasteiger partial charge >= 0.3 is 0 Å². The molecule has 5 heteroatoms. The van der Waals surface area contributed by atoms with Crippen molar-refractivity contribution in [1.29, 1.82) is 0 Å². The number of fused-ring (bicyclic) bond motifs is 1. The second-order valence-corrected chi connectivity index (χ2v) is 6.75. The van der Waals surface area contributed by atoms with Crippen LogP contribution >= 0.6 is 0 Å². The zero-order chi connectivity index (χ0) is 17.9. The second-order valence-electron chi connectivity index (χ2n) is 6.75. The van der Waals surface area contributed by atoms with Crippen LogP contribution in [0, 0.1) is 0 Å². The lowest BCUT2D eigenvalue weighted by molar-refractivity contribution is -0.131. The Labute approximate surface area is 153 Å². The number of pyridine rings is 3. The molecule has 1 aliphatic rings. The molecule has 0 N–H and O–H groups in total. The molecule has 4 rings (SSSR count). The number of hydrogen-bond acceptors (Lipinski definition) is 4. The number of aromatic nitrogens is 3. The van der Waals surface area contributed by atoms with Crippen LogP contribution in [0.5, 0.6) is 0 Å². The van der Waals surface area contributed by atoms with Gasteiger partial charge in [0.25, 0.3) is 0 Å². The molecule has 1 aliphatic heterocycles. The topological polar surface area (TPSA) is 59.0 Å².